The minimum absolute atomic E-state index is 0.116. The number of rotatable bonds is 4. The second-order valence-corrected chi connectivity index (χ2v) is 5.68. The molecule has 0 spiro atoms. The minimum Gasteiger partial charge on any atom is -0.472 e. The fourth-order valence-electron chi connectivity index (χ4n) is 2.77. The summed E-state index contributed by atoms with van der Waals surface area (Å²) in [6.45, 7) is 0.154. The van der Waals surface area contributed by atoms with Crippen LogP contribution in [0.2, 0.25) is 0 Å². The molecule has 2 aromatic rings. The van der Waals surface area contributed by atoms with Crippen LogP contribution in [0.1, 0.15) is 15.9 Å². The molecule has 0 saturated carbocycles. The van der Waals surface area contributed by atoms with E-state index in [1.54, 1.807) is 0 Å². The van der Waals surface area contributed by atoms with E-state index in [9.17, 15) is 19.8 Å². The average molecular weight is 330 g/mol. The highest BCUT2D eigenvalue weighted by Gasteiger charge is 2.46. The van der Waals surface area contributed by atoms with Crippen LogP contribution in [0, 0.1) is 0 Å². The van der Waals surface area contributed by atoms with Gasteiger partial charge in [-0.15, -0.1) is 0 Å². The van der Waals surface area contributed by atoms with Crippen molar-refractivity contribution < 1.29 is 24.2 Å². The molecule has 24 heavy (non-hydrogen) atoms. The zero-order chi connectivity index (χ0) is 17.1. The fraction of sp³-hybridized carbons (Fsp3) is 0.294. The van der Waals surface area contributed by atoms with Gasteiger partial charge < -0.3 is 24.8 Å². The van der Waals surface area contributed by atoms with Crippen LogP contribution in [0.3, 0.4) is 0 Å². The van der Waals surface area contributed by atoms with Gasteiger partial charge in [0, 0.05) is 6.54 Å². The summed E-state index contributed by atoms with van der Waals surface area (Å²) in [6, 6.07) is 9.61. The number of nitrogens with zero attached hydrogens (tertiary/aromatic N) is 1. The molecule has 3 N–H and O–H groups in total. The quantitative estimate of drug-likeness (QED) is 0.740. The molecule has 1 unspecified atom stereocenters. The molecule has 126 valence electrons. The van der Waals surface area contributed by atoms with Crippen LogP contribution in [0.15, 0.2) is 53.3 Å². The van der Waals surface area contributed by atoms with Crippen molar-refractivity contribution in [1.82, 2.24) is 10.2 Å². The molecule has 2 heterocycles. The van der Waals surface area contributed by atoms with Crippen LogP contribution in [0.5, 0.6) is 0 Å². The van der Waals surface area contributed by atoms with Gasteiger partial charge in [0.2, 0.25) is 5.91 Å². The number of hydrogen-bond acceptors (Lipinski definition) is 5. The van der Waals surface area contributed by atoms with Gasteiger partial charge in [0.25, 0.3) is 5.91 Å². The number of aliphatic hydroxyl groups excluding tert-OH is 2. The van der Waals surface area contributed by atoms with Gasteiger partial charge in [-0.2, -0.15) is 0 Å². The normalized spacial score (nSPS) is 23.2. The zero-order valence-electron chi connectivity index (χ0n) is 12.8. The van der Waals surface area contributed by atoms with Gasteiger partial charge >= 0.3 is 0 Å². The SMILES string of the molecule is O=C(NCc1ccccc1)C1[C@H](O)[C@@H](O)CN1C(=O)c1ccoc1. The predicted molar refractivity (Wildman–Crippen MR) is 83.8 cm³/mol. The molecule has 1 aliphatic rings. The van der Waals surface area contributed by atoms with Crippen molar-refractivity contribution in [2.75, 3.05) is 6.54 Å². The monoisotopic (exact) mass is 330 g/mol. The van der Waals surface area contributed by atoms with Crippen LogP contribution in [-0.2, 0) is 11.3 Å². The first-order valence-corrected chi connectivity index (χ1v) is 7.59. The molecule has 1 aliphatic heterocycles. The van der Waals surface area contributed by atoms with Crippen molar-refractivity contribution in [2.45, 2.75) is 24.8 Å². The topological polar surface area (TPSA) is 103 Å². The molecule has 1 saturated heterocycles. The molecule has 0 aliphatic carbocycles. The Morgan fingerprint density at radius 1 is 1.21 bits per heavy atom. The summed E-state index contributed by atoms with van der Waals surface area (Å²) in [5.41, 5.74) is 1.16. The van der Waals surface area contributed by atoms with Crippen molar-refractivity contribution in [3.8, 4) is 0 Å². The van der Waals surface area contributed by atoms with Gasteiger partial charge in [0.1, 0.15) is 24.5 Å². The lowest BCUT2D eigenvalue weighted by Crippen LogP contribution is -2.50. The third-order valence-corrected chi connectivity index (χ3v) is 4.04. The van der Waals surface area contributed by atoms with Crippen LogP contribution < -0.4 is 5.32 Å². The molecule has 2 amide bonds. The summed E-state index contributed by atoms with van der Waals surface area (Å²) >= 11 is 0. The second-order valence-electron chi connectivity index (χ2n) is 5.68. The van der Waals surface area contributed by atoms with Crippen molar-refractivity contribution >= 4 is 11.8 Å². The Labute approximate surface area is 138 Å². The Hall–Kier alpha value is -2.64. The Bertz CT molecular complexity index is 701. The van der Waals surface area contributed by atoms with Gasteiger partial charge in [-0.25, -0.2) is 0 Å². The van der Waals surface area contributed by atoms with E-state index in [1.165, 1.54) is 23.5 Å². The molecule has 1 aromatic carbocycles. The summed E-state index contributed by atoms with van der Waals surface area (Å²) < 4.78 is 4.88. The molecule has 1 aromatic heterocycles. The average Bonchev–Trinajstić information content (AvgIpc) is 3.22. The molecule has 1 fully saturated rings. The summed E-state index contributed by atoms with van der Waals surface area (Å²) in [4.78, 5) is 26.1. The highest BCUT2D eigenvalue weighted by molar-refractivity contribution is 5.98. The second kappa shape index (κ2) is 6.86. The third kappa shape index (κ3) is 3.17. The van der Waals surface area contributed by atoms with E-state index < -0.39 is 30.1 Å². The molecule has 3 atom stereocenters. The van der Waals surface area contributed by atoms with E-state index in [0.29, 0.717) is 0 Å². The Morgan fingerprint density at radius 2 is 1.96 bits per heavy atom. The first kappa shape index (κ1) is 16.2. The van der Waals surface area contributed by atoms with Gasteiger partial charge in [-0.1, -0.05) is 30.3 Å². The molecule has 7 heteroatoms. The number of hydrogen-bond donors (Lipinski definition) is 3. The van der Waals surface area contributed by atoms with E-state index in [4.69, 9.17) is 4.42 Å². The first-order valence-electron chi connectivity index (χ1n) is 7.59. The van der Waals surface area contributed by atoms with Gasteiger partial charge in [-0.05, 0) is 11.6 Å². The standard InChI is InChI=1S/C17H18N2O5/c20-13-9-19(17(23)12-6-7-24-10-12)14(15(13)21)16(22)18-8-11-4-2-1-3-5-11/h1-7,10,13-15,20-21H,8-9H2,(H,18,22)/t13-,14?,15+/m0/s1. The largest absolute Gasteiger partial charge is 0.472 e. The maximum Gasteiger partial charge on any atom is 0.257 e. The number of carbonyl (C=O) groups excluding carboxylic acids is 2. The fourth-order valence-corrected chi connectivity index (χ4v) is 2.77. The molecular formula is C17H18N2O5. The summed E-state index contributed by atoms with van der Waals surface area (Å²) in [5.74, 6) is -0.987. The van der Waals surface area contributed by atoms with Crippen molar-refractivity contribution in [3.63, 3.8) is 0 Å². The van der Waals surface area contributed by atoms with Gasteiger partial charge in [0.05, 0.1) is 18.4 Å². The van der Waals surface area contributed by atoms with Crippen molar-refractivity contribution in [2.24, 2.45) is 0 Å². The van der Waals surface area contributed by atoms with Gasteiger partial charge in [0.15, 0.2) is 0 Å². The molecular weight excluding hydrogens is 312 g/mol. The van der Waals surface area contributed by atoms with E-state index in [1.807, 2.05) is 30.3 Å². The van der Waals surface area contributed by atoms with Crippen LogP contribution in [-0.4, -0.2) is 51.7 Å². The first-order chi connectivity index (χ1) is 11.6. The summed E-state index contributed by atoms with van der Waals surface area (Å²) in [6.07, 6.45) is 0.101. The minimum atomic E-state index is -1.34. The molecule has 0 bridgehead atoms. The maximum atomic E-state index is 12.5. The third-order valence-electron chi connectivity index (χ3n) is 4.04. The van der Waals surface area contributed by atoms with E-state index in [-0.39, 0.29) is 18.7 Å². The number of likely N-dealkylation sites (tertiary alicyclic amines) is 1. The van der Waals surface area contributed by atoms with E-state index >= 15 is 0 Å². The predicted octanol–water partition coefficient (Wildman–Crippen LogP) is 0.142. The van der Waals surface area contributed by atoms with Crippen molar-refractivity contribution in [3.05, 3.63) is 60.1 Å². The Kier molecular flexibility index (Phi) is 4.64. The molecule has 3 rings (SSSR count). The number of aliphatic hydroxyl groups is 2. The number of β-amino-alcohol motifs (C(OH)–C–C–N with tert-alkyl or cyclic N) is 1. The zero-order valence-corrected chi connectivity index (χ0v) is 12.8. The van der Waals surface area contributed by atoms with Crippen LogP contribution in [0.4, 0.5) is 0 Å². The highest BCUT2D eigenvalue weighted by atomic mass is 16.3. The van der Waals surface area contributed by atoms with E-state index in [0.717, 1.165) is 5.56 Å². The van der Waals surface area contributed by atoms with Crippen LogP contribution in [0.25, 0.3) is 0 Å². The smallest absolute Gasteiger partial charge is 0.257 e. The number of carbonyl (C=O) groups is 2. The number of nitrogens with one attached hydrogen (secondary N) is 1. The molecule has 0 radical (unpaired) electrons. The highest BCUT2D eigenvalue weighted by Crippen LogP contribution is 2.22. The van der Waals surface area contributed by atoms with Crippen LogP contribution >= 0.6 is 0 Å². The number of benzene rings is 1. The number of amides is 2. The van der Waals surface area contributed by atoms with Crippen molar-refractivity contribution in [1.29, 1.82) is 0 Å². The van der Waals surface area contributed by atoms with Gasteiger partial charge in [-0.3, -0.25) is 9.59 Å². The summed E-state index contributed by atoms with van der Waals surface area (Å²) in [5, 5.41) is 22.7. The Balaban J connectivity index is 1.72. The lowest BCUT2D eigenvalue weighted by molar-refractivity contribution is -0.128. The number of furan rings is 1. The van der Waals surface area contributed by atoms with E-state index in [2.05, 4.69) is 5.32 Å². The molecule has 7 nitrogen and oxygen atoms in total. The lowest BCUT2D eigenvalue weighted by Gasteiger charge is -2.24. The maximum absolute atomic E-state index is 12.5. The lowest BCUT2D eigenvalue weighted by atomic mass is 10.1. The Morgan fingerprint density at radius 3 is 2.62 bits per heavy atom. The summed E-state index contributed by atoms with van der Waals surface area (Å²) in [7, 11) is 0.